The normalized spacial score (nSPS) is 18.1. The number of aromatic nitrogens is 1. The van der Waals surface area contributed by atoms with E-state index < -0.39 is 0 Å². The number of thiazole rings is 1. The van der Waals surface area contributed by atoms with Crippen molar-refractivity contribution < 1.29 is 14.3 Å². The second-order valence-electron chi connectivity index (χ2n) is 5.09. The van der Waals surface area contributed by atoms with E-state index in [9.17, 15) is 4.79 Å². The number of ether oxygens (including phenoxy) is 2. The van der Waals surface area contributed by atoms with E-state index in [1.807, 2.05) is 18.2 Å². The summed E-state index contributed by atoms with van der Waals surface area (Å²) in [5.41, 5.74) is 0.855. The van der Waals surface area contributed by atoms with Gasteiger partial charge in [0.2, 0.25) is 5.91 Å². The largest absolute Gasteiger partial charge is 0.497 e. The molecule has 0 aliphatic carbocycles. The number of rotatable bonds is 4. The average molecular weight is 306 g/mol. The number of methoxy groups -OCH3 is 1. The highest BCUT2D eigenvalue weighted by Crippen LogP contribution is 2.32. The fourth-order valence-electron chi connectivity index (χ4n) is 2.47. The van der Waals surface area contributed by atoms with E-state index in [0.717, 1.165) is 40.5 Å². The first-order valence-corrected chi connectivity index (χ1v) is 7.83. The van der Waals surface area contributed by atoms with Crippen molar-refractivity contribution in [3.63, 3.8) is 0 Å². The third kappa shape index (κ3) is 3.01. The molecule has 1 aromatic heterocycles. The molecule has 1 atom stereocenters. The lowest BCUT2D eigenvalue weighted by Gasteiger charge is -2.21. The quantitative estimate of drug-likeness (QED) is 0.871. The first-order valence-electron chi connectivity index (χ1n) is 7.01. The summed E-state index contributed by atoms with van der Waals surface area (Å²) in [5, 5.41) is 0.723. The van der Waals surface area contributed by atoms with Crippen LogP contribution in [-0.4, -0.2) is 37.3 Å². The Morgan fingerprint density at radius 3 is 3.10 bits per heavy atom. The number of fused-ring (bicyclic) bond motifs is 1. The van der Waals surface area contributed by atoms with Crippen LogP contribution in [0.1, 0.15) is 19.8 Å². The van der Waals surface area contributed by atoms with E-state index in [4.69, 9.17) is 9.47 Å². The summed E-state index contributed by atoms with van der Waals surface area (Å²) in [6, 6.07) is 5.77. The Morgan fingerprint density at radius 1 is 1.57 bits per heavy atom. The topological polar surface area (TPSA) is 51.7 Å². The second-order valence-corrected chi connectivity index (χ2v) is 6.10. The Morgan fingerprint density at radius 2 is 2.43 bits per heavy atom. The molecule has 1 saturated heterocycles. The summed E-state index contributed by atoms with van der Waals surface area (Å²) < 4.78 is 11.9. The zero-order valence-electron chi connectivity index (χ0n) is 12.2. The molecule has 112 valence electrons. The number of hydrogen-bond donors (Lipinski definition) is 0. The molecule has 0 N–H and O–H groups in total. The molecule has 2 heterocycles. The van der Waals surface area contributed by atoms with Gasteiger partial charge in [-0.1, -0.05) is 11.3 Å². The summed E-state index contributed by atoms with van der Waals surface area (Å²) in [7, 11) is 1.63. The van der Waals surface area contributed by atoms with Crippen LogP contribution in [-0.2, 0) is 9.53 Å². The lowest BCUT2D eigenvalue weighted by atomic mass is 10.2. The molecule has 0 radical (unpaired) electrons. The smallest absolute Gasteiger partial charge is 0.225 e. The Bertz CT molecular complexity index is 649. The molecule has 2 aromatic rings. The first-order chi connectivity index (χ1) is 10.2. The summed E-state index contributed by atoms with van der Waals surface area (Å²) >= 11 is 1.52. The van der Waals surface area contributed by atoms with Gasteiger partial charge >= 0.3 is 0 Å². The summed E-state index contributed by atoms with van der Waals surface area (Å²) in [4.78, 5) is 18.2. The predicted molar refractivity (Wildman–Crippen MR) is 83.2 cm³/mol. The Labute approximate surface area is 127 Å². The minimum Gasteiger partial charge on any atom is -0.497 e. The third-order valence-corrected chi connectivity index (χ3v) is 4.66. The van der Waals surface area contributed by atoms with Crippen molar-refractivity contribution >= 4 is 32.6 Å². The Kier molecular flexibility index (Phi) is 4.07. The summed E-state index contributed by atoms with van der Waals surface area (Å²) in [6.45, 7) is 2.93. The number of benzene rings is 1. The molecule has 0 spiro atoms. The summed E-state index contributed by atoms with van der Waals surface area (Å²) in [5.74, 6) is 0.768. The van der Waals surface area contributed by atoms with Crippen LogP contribution < -0.4 is 9.64 Å². The standard InChI is InChI=1S/C15H18N2O3S/c1-10(18)17(9-12-4-3-7-20-12)15-16-13-8-11(19-2)5-6-14(13)21-15/h5-6,8,12H,3-4,7,9H2,1-2H3. The number of nitrogens with zero attached hydrogens (tertiary/aromatic N) is 2. The maximum Gasteiger partial charge on any atom is 0.225 e. The molecule has 0 saturated carbocycles. The van der Waals surface area contributed by atoms with Crippen LogP contribution in [0.3, 0.4) is 0 Å². The van der Waals surface area contributed by atoms with Gasteiger partial charge < -0.3 is 9.47 Å². The monoisotopic (exact) mass is 306 g/mol. The van der Waals surface area contributed by atoms with Crippen molar-refractivity contribution in [2.75, 3.05) is 25.2 Å². The molecular formula is C15H18N2O3S. The van der Waals surface area contributed by atoms with Crippen molar-refractivity contribution in [2.24, 2.45) is 0 Å². The van der Waals surface area contributed by atoms with Crippen LogP contribution in [0.4, 0.5) is 5.13 Å². The van der Waals surface area contributed by atoms with Gasteiger partial charge in [0.15, 0.2) is 5.13 Å². The first kappa shape index (κ1) is 14.3. The van der Waals surface area contributed by atoms with Gasteiger partial charge in [0, 0.05) is 19.6 Å². The fourth-order valence-corrected chi connectivity index (χ4v) is 3.47. The molecule has 0 bridgehead atoms. The van der Waals surface area contributed by atoms with Crippen LogP contribution in [0.25, 0.3) is 10.2 Å². The van der Waals surface area contributed by atoms with E-state index in [0.29, 0.717) is 6.54 Å². The van der Waals surface area contributed by atoms with Gasteiger partial charge in [-0.3, -0.25) is 9.69 Å². The van der Waals surface area contributed by atoms with Gasteiger partial charge in [0.25, 0.3) is 0 Å². The minimum atomic E-state index is -0.00322. The molecular weight excluding hydrogens is 288 g/mol. The Hall–Kier alpha value is -1.66. The number of amides is 1. The molecule has 21 heavy (non-hydrogen) atoms. The number of carbonyl (C=O) groups excluding carboxylic acids is 1. The van der Waals surface area contributed by atoms with Crippen molar-refractivity contribution in [3.8, 4) is 5.75 Å². The van der Waals surface area contributed by atoms with Crippen LogP contribution in [0.2, 0.25) is 0 Å². The average Bonchev–Trinajstić information content (AvgIpc) is 3.12. The maximum atomic E-state index is 11.9. The zero-order valence-corrected chi connectivity index (χ0v) is 13.0. The maximum absolute atomic E-state index is 11.9. The summed E-state index contributed by atoms with van der Waals surface area (Å²) in [6.07, 6.45) is 2.19. The van der Waals surface area contributed by atoms with Gasteiger partial charge in [-0.05, 0) is 25.0 Å². The van der Waals surface area contributed by atoms with Gasteiger partial charge in [0.05, 0.1) is 30.0 Å². The highest BCUT2D eigenvalue weighted by Gasteiger charge is 2.24. The highest BCUT2D eigenvalue weighted by atomic mass is 32.1. The fraction of sp³-hybridized carbons (Fsp3) is 0.467. The van der Waals surface area contributed by atoms with E-state index in [1.165, 1.54) is 11.3 Å². The SMILES string of the molecule is COc1ccc2sc(N(CC3CCCO3)C(C)=O)nc2c1. The third-order valence-electron chi connectivity index (χ3n) is 3.60. The number of carbonyl (C=O) groups is 1. The molecule has 1 aliphatic heterocycles. The van der Waals surface area contributed by atoms with E-state index in [2.05, 4.69) is 4.98 Å². The lowest BCUT2D eigenvalue weighted by molar-refractivity contribution is -0.116. The highest BCUT2D eigenvalue weighted by molar-refractivity contribution is 7.22. The van der Waals surface area contributed by atoms with Crippen molar-refractivity contribution in [3.05, 3.63) is 18.2 Å². The van der Waals surface area contributed by atoms with E-state index >= 15 is 0 Å². The van der Waals surface area contributed by atoms with Gasteiger partial charge in [-0.2, -0.15) is 0 Å². The van der Waals surface area contributed by atoms with Crippen molar-refractivity contribution in [1.29, 1.82) is 0 Å². The number of hydrogen-bond acceptors (Lipinski definition) is 5. The molecule has 1 aliphatic rings. The Balaban J connectivity index is 1.89. The van der Waals surface area contributed by atoms with Crippen LogP contribution in [0.5, 0.6) is 5.75 Å². The molecule has 1 aromatic carbocycles. The molecule has 5 nitrogen and oxygen atoms in total. The minimum absolute atomic E-state index is 0.00322. The van der Waals surface area contributed by atoms with Gasteiger partial charge in [-0.25, -0.2) is 4.98 Å². The molecule has 1 fully saturated rings. The molecule has 1 unspecified atom stereocenters. The predicted octanol–water partition coefficient (Wildman–Crippen LogP) is 2.84. The molecule has 3 rings (SSSR count). The van der Waals surface area contributed by atoms with Crippen molar-refractivity contribution in [2.45, 2.75) is 25.9 Å². The van der Waals surface area contributed by atoms with Crippen LogP contribution >= 0.6 is 11.3 Å². The second kappa shape index (κ2) is 5.99. The van der Waals surface area contributed by atoms with Gasteiger partial charge in [0.1, 0.15) is 5.75 Å². The number of anilines is 1. The van der Waals surface area contributed by atoms with Crippen LogP contribution in [0, 0.1) is 0 Å². The lowest BCUT2D eigenvalue weighted by Crippen LogP contribution is -2.35. The van der Waals surface area contributed by atoms with Crippen LogP contribution in [0.15, 0.2) is 18.2 Å². The van der Waals surface area contributed by atoms with Gasteiger partial charge in [-0.15, -0.1) is 0 Å². The van der Waals surface area contributed by atoms with E-state index in [1.54, 1.807) is 18.9 Å². The zero-order chi connectivity index (χ0) is 14.8. The van der Waals surface area contributed by atoms with Crippen molar-refractivity contribution in [1.82, 2.24) is 4.98 Å². The molecule has 1 amide bonds. The molecule has 6 heteroatoms. The van der Waals surface area contributed by atoms with E-state index in [-0.39, 0.29) is 12.0 Å².